The quantitative estimate of drug-likeness (QED) is 0.564. The van der Waals surface area contributed by atoms with Crippen LogP contribution in [0.1, 0.15) is 6.92 Å². The Hall–Kier alpha value is -1.82. The van der Waals surface area contributed by atoms with E-state index in [-0.39, 0.29) is 0 Å². The molecule has 0 bridgehead atoms. The highest BCUT2D eigenvalue weighted by Crippen LogP contribution is 2.18. The molecular formula is C9H14N6. The van der Waals surface area contributed by atoms with Crippen LogP contribution in [0.15, 0.2) is 18.6 Å². The summed E-state index contributed by atoms with van der Waals surface area (Å²) < 4.78 is 1.89. The van der Waals surface area contributed by atoms with Crippen LogP contribution in [0.5, 0.6) is 0 Å². The maximum atomic E-state index is 5.36. The van der Waals surface area contributed by atoms with E-state index in [1.807, 2.05) is 22.5 Å². The minimum absolute atomic E-state index is 0.621. The summed E-state index contributed by atoms with van der Waals surface area (Å²) in [6.45, 7) is 2.92. The summed E-state index contributed by atoms with van der Waals surface area (Å²) in [4.78, 5) is 10.6. The molecule has 0 radical (unpaired) electrons. The van der Waals surface area contributed by atoms with E-state index in [9.17, 15) is 0 Å². The predicted molar refractivity (Wildman–Crippen MR) is 59.7 cm³/mol. The molecule has 6 heteroatoms. The van der Waals surface area contributed by atoms with Crippen LogP contribution in [-0.2, 0) is 0 Å². The molecule has 3 N–H and O–H groups in total. The number of anilines is 2. The minimum atomic E-state index is 0.621. The molecule has 2 heterocycles. The molecule has 2 rings (SSSR count). The lowest BCUT2D eigenvalue weighted by Crippen LogP contribution is -2.20. The summed E-state index contributed by atoms with van der Waals surface area (Å²) in [5.74, 6) is 6.79. The lowest BCUT2D eigenvalue weighted by molar-refractivity contribution is 0.928. The van der Waals surface area contributed by atoms with Gasteiger partial charge < -0.3 is 14.7 Å². The zero-order chi connectivity index (χ0) is 10.8. The lowest BCUT2D eigenvalue weighted by atomic mass is 10.5. The Labute approximate surface area is 87.7 Å². The monoisotopic (exact) mass is 206 g/mol. The van der Waals surface area contributed by atoms with E-state index < -0.39 is 0 Å². The molecule has 6 nitrogen and oxygen atoms in total. The Morgan fingerprint density at radius 3 is 3.07 bits per heavy atom. The summed E-state index contributed by atoms with van der Waals surface area (Å²) in [6.07, 6.45) is 5.41. The number of hydrazine groups is 1. The maximum Gasteiger partial charge on any atom is 0.180 e. The van der Waals surface area contributed by atoms with E-state index in [1.165, 1.54) is 0 Å². The van der Waals surface area contributed by atoms with Crippen molar-refractivity contribution in [2.75, 3.05) is 23.9 Å². The number of rotatable bonds is 3. The van der Waals surface area contributed by atoms with Gasteiger partial charge in [-0.15, -0.1) is 0 Å². The van der Waals surface area contributed by atoms with Crippen molar-refractivity contribution in [2.45, 2.75) is 6.92 Å². The summed E-state index contributed by atoms with van der Waals surface area (Å²) in [6, 6.07) is 0. The topological polar surface area (TPSA) is 71.5 Å². The molecule has 0 saturated heterocycles. The van der Waals surface area contributed by atoms with Crippen molar-refractivity contribution in [3.05, 3.63) is 18.6 Å². The third-order valence-electron chi connectivity index (χ3n) is 2.34. The molecule has 0 fully saturated rings. The average molecular weight is 206 g/mol. The van der Waals surface area contributed by atoms with Gasteiger partial charge in [-0.3, -0.25) is 0 Å². The Bertz CT molecular complexity index is 463. The highest BCUT2D eigenvalue weighted by atomic mass is 15.3. The van der Waals surface area contributed by atoms with Gasteiger partial charge in [0.1, 0.15) is 0 Å². The molecule has 2 aromatic rings. The third-order valence-corrected chi connectivity index (χ3v) is 2.34. The van der Waals surface area contributed by atoms with E-state index in [4.69, 9.17) is 5.84 Å². The number of nitrogens with one attached hydrogen (secondary N) is 1. The molecule has 2 aromatic heterocycles. The molecule has 0 unspecified atom stereocenters. The van der Waals surface area contributed by atoms with Gasteiger partial charge in [0.15, 0.2) is 17.3 Å². The van der Waals surface area contributed by atoms with Crippen molar-refractivity contribution in [3.8, 4) is 0 Å². The second kappa shape index (κ2) is 3.74. The number of nitrogens with zero attached hydrogens (tertiary/aromatic N) is 4. The van der Waals surface area contributed by atoms with Crippen LogP contribution in [-0.4, -0.2) is 28.0 Å². The molecule has 15 heavy (non-hydrogen) atoms. The Kier molecular flexibility index (Phi) is 2.42. The fraction of sp³-hybridized carbons (Fsp3) is 0.333. The van der Waals surface area contributed by atoms with Gasteiger partial charge in [0, 0.05) is 26.0 Å². The minimum Gasteiger partial charge on any atom is -0.357 e. The molecule has 80 valence electrons. The van der Waals surface area contributed by atoms with Crippen LogP contribution in [0, 0.1) is 0 Å². The number of hydrogen-bond donors (Lipinski definition) is 2. The van der Waals surface area contributed by atoms with E-state index in [0.717, 1.165) is 18.0 Å². The molecule has 0 aromatic carbocycles. The van der Waals surface area contributed by atoms with Gasteiger partial charge in [-0.2, -0.15) is 0 Å². The Morgan fingerprint density at radius 1 is 1.60 bits per heavy atom. The first-order valence-electron chi connectivity index (χ1n) is 4.77. The van der Waals surface area contributed by atoms with E-state index in [2.05, 4.69) is 22.3 Å². The van der Waals surface area contributed by atoms with Crippen molar-refractivity contribution in [1.82, 2.24) is 14.4 Å². The SMILES string of the molecule is CCN(C)c1nc(NN)cn2ccnc12. The van der Waals surface area contributed by atoms with Crippen molar-refractivity contribution >= 4 is 17.3 Å². The number of hydrogen-bond acceptors (Lipinski definition) is 5. The Balaban J connectivity index is 2.63. The van der Waals surface area contributed by atoms with E-state index >= 15 is 0 Å². The smallest absolute Gasteiger partial charge is 0.180 e. The van der Waals surface area contributed by atoms with Crippen LogP contribution < -0.4 is 16.2 Å². The second-order valence-electron chi connectivity index (χ2n) is 3.27. The summed E-state index contributed by atoms with van der Waals surface area (Å²) in [5.41, 5.74) is 3.37. The zero-order valence-electron chi connectivity index (χ0n) is 8.81. The number of nitrogens with two attached hydrogens (primary N) is 1. The van der Waals surface area contributed by atoms with Gasteiger partial charge in [0.2, 0.25) is 0 Å². The van der Waals surface area contributed by atoms with E-state index in [1.54, 1.807) is 12.4 Å². The van der Waals surface area contributed by atoms with Gasteiger partial charge in [-0.25, -0.2) is 15.8 Å². The number of fused-ring (bicyclic) bond motifs is 1. The Morgan fingerprint density at radius 2 is 2.40 bits per heavy atom. The molecule has 0 saturated carbocycles. The normalized spacial score (nSPS) is 10.6. The van der Waals surface area contributed by atoms with Gasteiger partial charge in [0.05, 0.1) is 6.20 Å². The second-order valence-corrected chi connectivity index (χ2v) is 3.27. The van der Waals surface area contributed by atoms with Crippen LogP contribution in [0.25, 0.3) is 5.65 Å². The van der Waals surface area contributed by atoms with Gasteiger partial charge >= 0.3 is 0 Å². The van der Waals surface area contributed by atoms with Crippen LogP contribution in [0.2, 0.25) is 0 Å². The summed E-state index contributed by atoms with van der Waals surface area (Å²) >= 11 is 0. The summed E-state index contributed by atoms with van der Waals surface area (Å²) in [5, 5.41) is 0. The average Bonchev–Trinajstić information content (AvgIpc) is 2.74. The number of imidazole rings is 1. The van der Waals surface area contributed by atoms with Gasteiger partial charge in [-0.1, -0.05) is 0 Å². The van der Waals surface area contributed by atoms with Crippen LogP contribution in [0.3, 0.4) is 0 Å². The number of nitrogen functional groups attached to an aromatic ring is 1. The standard InChI is InChI=1S/C9H14N6/c1-3-14(2)9-8-11-4-5-15(8)6-7(12-9)13-10/h4-6,13H,3,10H2,1-2H3. The van der Waals surface area contributed by atoms with Crippen molar-refractivity contribution in [1.29, 1.82) is 0 Å². The maximum absolute atomic E-state index is 5.36. The first-order valence-corrected chi connectivity index (χ1v) is 4.77. The van der Waals surface area contributed by atoms with Crippen molar-refractivity contribution in [2.24, 2.45) is 5.84 Å². The molecule has 0 spiro atoms. The highest BCUT2D eigenvalue weighted by Gasteiger charge is 2.09. The first kappa shape index (κ1) is 9.72. The molecule has 0 aliphatic heterocycles. The largest absolute Gasteiger partial charge is 0.357 e. The fourth-order valence-electron chi connectivity index (χ4n) is 1.39. The molecule has 0 aliphatic carbocycles. The van der Waals surface area contributed by atoms with E-state index in [0.29, 0.717) is 5.82 Å². The molecule has 0 amide bonds. The predicted octanol–water partition coefficient (Wildman–Crippen LogP) is 0.471. The van der Waals surface area contributed by atoms with Gasteiger partial charge in [0.25, 0.3) is 0 Å². The molecule has 0 aliphatic rings. The molecular weight excluding hydrogens is 192 g/mol. The zero-order valence-corrected chi connectivity index (χ0v) is 8.81. The molecule has 0 atom stereocenters. The summed E-state index contributed by atoms with van der Waals surface area (Å²) in [7, 11) is 1.97. The van der Waals surface area contributed by atoms with Crippen LogP contribution in [0.4, 0.5) is 11.6 Å². The first-order chi connectivity index (χ1) is 7.26. The highest BCUT2D eigenvalue weighted by molar-refractivity contribution is 5.66. The number of aromatic nitrogens is 3. The van der Waals surface area contributed by atoms with Crippen molar-refractivity contribution in [3.63, 3.8) is 0 Å². The fourth-order valence-corrected chi connectivity index (χ4v) is 1.39. The van der Waals surface area contributed by atoms with Crippen LogP contribution >= 0.6 is 0 Å². The lowest BCUT2D eigenvalue weighted by Gasteiger charge is -2.17. The van der Waals surface area contributed by atoms with Gasteiger partial charge in [-0.05, 0) is 6.92 Å². The third kappa shape index (κ3) is 1.59. The van der Waals surface area contributed by atoms with Crippen molar-refractivity contribution < 1.29 is 0 Å².